The van der Waals surface area contributed by atoms with Gasteiger partial charge in [0.1, 0.15) is 0 Å². The molecule has 1 saturated heterocycles. The molecule has 148 valence electrons. The van der Waals surface area contributed by atoms with Crippen molar-refractivity contribution >= 4 is 22.4 Å². The van der Waals surface area contributed by atoms with Crippen LogP contribution in [0.1, 0.15) is 18.1 Å². The Hall–Kier alpha value is -2.19. The maximum Gasteiger partial charge on any atom is 0.231 e. The third kappa shape index (κ3) is 2.95. The molecule has 0 unspecified atom stereocenters. The third-order valence-corrected chi connectivity index (χ3v) is 7.69. The van der Waals surface area contributed by atoms with Crippen LogP contribution in [0.2, 0.25) is 0 Å². The summed E-state index contributed by atoms with van der Waals surface area (Å²) in [5, 5.41) is 0. The van der Waals surface area contributed by atoms with E-state index in [4.69, 9.17) is 9.47 Å². The van der Waals surface area contributed by atoms with Crippen LogP contribution >= 0.6 is 10.6 Å². The van der Waals surface area contributed by atoms with Gasteiger partial charge < -0.3 is 14.4 Å². The van der Waals surface area contributed by atoms with E-state index in [0.29, 0.717) is 16.6 Å². The minimum absolute atomic E-state index is 0.303. The van der Waals surface area contributed by atoms with Crippen LogP contribution in [-0.2, 0) is 6.54 Å². The summed E-state index contributed by atoms with van der Waals surface area (Å²) in [6.45, 7) is 6.71. The van der Waals surface area contributed by atoms with E-state index in [1.165, 1.54) is 5.56 Å². The van der Waals surface area contributed by atoms with E-state index in [-0.39, 0.29) is 0 Å². The molecule has 7 heteroatoms. The van der Waals surface area contributed by atoms with Gasteiger partial charge in [-0.15, -0.1) is 10.6 Å². The molecule has 6 nitrogen and oxygen atoms in total. The van der Waals surface area contributed by atoms with Crippen molar-refractivity contribution in [3.8, 4) is 11.5 Å². The molecule has 5 rings (SSSR count). The molecule has 0 aliphatic carbocycles. The highest BCUT2D eigenvalue weighted by atomic mass is 32.3. The first kappa shape index (κ1) is 17.9. The SMILES string of the molecule is CC1=Cc2c(N3CCN(Cc4ccc5c(c4)OCO5)CC3)cccc2S1(O)O. The fourth-order valence-electron chi connectivity index (χ4n) is 4.10. The number of fused-ring (bicyclic) bond motifs is 2. The molecule has 28 heavy (non-hydrogen) atoms. The molecular formula is C21H24N2O4S. The third-order valence-electron chi connectivity index (χ3n) is 5.70. The van der Waals surface area contributed by atoms with E-state index in [1.54, 1.807) is 6.92 Å². The molecule has 0 amide bonds. The van der Waals surface area contributed by atoms with Crippen molar-refractivity contribution < 1.29 is 18.6 Å². The molecule has 0 bridgehead atoms. The highest BCUT2D eigenvalue weighted by Gasteiger charge is 2.30. The van der Waals surface area contributed by atoms with Gasteiger partial charge >= 0.3 is 0 Å². The number of piperazine rings is 1. The number of rotatable bonds is 3. The number of anilines is 1. The van der Waals surface area contributed by atoms with E-state index >= 15 is 0 Å². The maximum absolute atomic E-state index is 10.4. The van der Waals surface area contributed by atoms with Gasteiger partial charge in [-0.25, -0.2) is 0 Å². The Labute approximate surface area is 166 Å². The van der Waals surface area contributed by atoms with Gasteiger partial charge in [-0.3, -0.25) is 14.0 Å². The Morgan fingerprint density at radius 3 is 2.61 bits per heavy atom. The van der Waals surface area contributed by atoms with Crippen molar-refractivity contribution in [2.24, 2.45) is 0 Å². The molecule has 0 aromatic heterocycles. The Kier molecular flexibility index (Phi) is 4.28. The van der Waals surface area contributed by atoms with Crippen LogP contribution in [0.3, 0.4) is 0 Å². The van der Waals surface area contributed by atoms with Gasteiger partial charge in [0.2, 0.25) is 6.79 Å². The van der Waals surface area contributed by atoms with Crippen molar-refractivity contribution in [1.82, 2.24) is 4.90 Å². The van der Waals surface area contributed by atoms with Crippen molar-refractivity contribution in [1.29, 1.82) is 0 Å². The lowest BCUT2D eigenvalue weighted by molar-refractivity contribution is 0.174. The van der Waals surface area contributed by atoms with Crippen molar-refractivity contribution in [3.05, 3.63) is 52.4 Å². The van der Waals surface area contributed by atoms with Gasteiger partial charge in [0.25, 0.3) is 0 Å². The molecule has 1 fully saturated rings. The second-order valence-corrected chi connectivity index (χ2v) is 9.63. The monoisotopic (exact) mass is 400 g/mol. The van der Waals surface area contributed by atoms with Gasteiger partial charge in [0.15, 0.2) is 11.5 Å². The molecule has 0 radical (unpaired) electrons. The summed E-state index contributed by atoms with van der Waals surface area (Å²) < 4.78 is 31.7. The molecule has 2 aromatic rings. The van der Waals surface area contributed by atoms with E-state index in [9.17, 15) is 9.11 Å². The Morgan fingerprint density at radius 2 is 1.79 bits per heavy atom. The second kappa shape index (κ2) is 6.70. The van der Waals surface area contributed by atoms with Crippen LogP contribution in [0.5, 0.6) is 11.5 Å². The van der Waals surface area contributed by atoms with Gasteiger partial charge in [0, 0.05) is 48.9 Å². The van der Waals surface area contributed by atoms with Gasteiger partial charge in [-0.1, -0.05) is 12.1 Å². The average molecular weight is 401 g/mol. The zero-order valence-electron chi connectivity index (χ0n) is 15.8. The van der Waals surface area contributed by atoms with Gasteiger partial charge in [-0.05, 0) is 42.8 Å². The lowest BCUT2D eigenvalue weighted by atomic mass is 10.1. The number of hydrogen-bond donors (Lipinski definition) is 2. The summed E-state index contributed by atoms with van der Waals surface area (Å²) in [5.74, 6) is 1.65. The van der Waals surface area contributed by atoms with Crippen molar-refractivity contribution in [3.63, 3.8) is 0 Å². The first-order valence-electron chi connectivity index (χ1n) is 9.48. The van der Waals surface area contributed by atoms with Crippen LogP contribution in [0.25, 0.3) is 6.08 Å². The quantitative estimate of drug-likeness (QED) is 0.804. The number of allylic oxidation sites excluding steroid dienone is 1. The van der Waals surface area contributed by atoms with Gasteiger partial charge in [0.05, 0.1) is 4.90 Å². The molecular weight excluding hydrogens is 376 g/mol. The first-order chi connectivity index (χ1) is 13.5. The predicted octanol–water partition coefficient (Wildman–Crippen LogP) is 4.22. The second-order valence-electron chi connectivity index (χ2n) is 7.44. The smallest absolute Gasteiger partial charge is 0.231 e. The largest absolute Gasteiger partial charge is 0.454 e. The lowest BCUT2D eigenvalue weighted by Crippen LogP contribution is -2.46. The van der Waals surface area contributed by atoms with Crippen LogP contribution < -0.4 is 14.4 Å². The normalized spacial score (nSPS) is 21.4. The first-order valence-corrected chi connectivity index (χ1v) is 11.0. The topological polar surface area (TPSA) is 65.4 Å². The van der Waals surface area contributed by atoms with E-state index in [2.05, 4.69) is 28.0 Å². The van der Waals surface area contributed by atoms with Crippen molar-refractivity contribution in [2.45, 2.75) is 18.4 Å². The molecule has 3 aliphatic heterocycles. The highest BCUT2D eigenvalue weighted by Crippen LogP contribution is 2.62. The molecule has 0 spiro atoms. The Balaban J connectivity index is 1.28. The van der Waals surface area contributed by atoms with E-state index < -0.39 is 10.6 Å². The van der Waals surface area contributed by atoms with Crippen molar-refractivity contribution in [2.75, 3.05) is 37.9 Å². The average Bonchev–Trinajstić information content (AvgIpc) is 3.25. The molecule has 2 N–H and O–H groups in total. The van der Waals surface area contributed by atoms with Crippen LogP contribution in [0.15, 0.2) is 46.2 Å². The molecule has 0 saturated carbocycles. The Bertz CT molecular complexity index is 951. The molecule has 0 atom stereocenters. The minimum atomic E-state index is -2.80. The number of nitrogens with zero attached hydrogens (tertiary/aromatic N) is 2. The zero-order chi connectivity index (χ0) is 19.3. The lowest BCUT2D eigenvalue weighted by Gasteiger charge is -2.37. The summed E-state index contributed by atoms with van der Waals surface area (Å²) in [6, 6.07) is 12.0. The minimum Gasteiger partial charge on any atom is -0.454 e. The van der Waals surface area contributed by atoms with Crippen LogP contribution in [-0.4, -0.2) is 47.0 Å². The standard InChI is InChI=1S/C21H24N2O4S/c1-15-11-17-18(3-2-4-21(17)28(15,24)25)23-9-7-22(8-10-23)13-16-5-6-19-20(12-16)27-14-26-19/h2-6,11-12,24-25H,7-10,13-14H2,1H3. The Morgan fingerprint density at radius 1 is 1.00 bits per heavy atom. The predicted molar refractivity (Wildman–Crippen MR) is 111 cm³/mol. The highest BCUT2D eigenvalue weighted by molar-refractivity contribution is 8.28. The number of benzene rings is 2. The summed E-state index contributed by atoms with van der Waals surface area (Å²) in [5.41, 5.74) is 3.28. The van der Waals surface area contributed by atoms with Gasteiger partial charge in [-0.2, -0.15) is 0 Å². The number of hydrogen-bond acceptors (Lipinski definition) is 6. The number of ether oxygens (including phenoxy) is 2. The fourth-order valence-corrected chi connectivity index (χ4v) is 5.47. The van der Waals surface area contributed by atoms with E-state index in [0.717, 1.165) is 55.5 Å². The summed E-state index contributed by atoms with van der Waals surface area (Å²) >= 11 is 0. The zero-order valence-corrected chi connectivity index (χ0v) is 16.6. The summed E-state index contributed by atoms with van der Waals surface area (Å²) in [4.78, 5) is 6.09. The summed E-state index contributed by atoms with van der Waals surface area (Å²) in [6.07, 6.45) is 1.93. The molecule has 3 heterocycles. The van der Waals surface area contributed by atoms with Crippen LogP contribution in [0.4, 0.5) is 5.69 Å². The fraction of sp³-hybridized carbons (Fsp3) is 0.333. The summed E-state index contributed by atoms with van der Waals surface area (Å²) in [7, 11) is -2.80. The van der Waals surface area contributed by atoms with Crippen LogP contribution in [0, 0.1) is 0 Å². The maximum atomic E-state index is 10.4. The van der Waals surface area contributed by atoms with E-state index in [1.807, 2.05) is 24.3 Å². The molecule has 2 aromatic carbocycles. The molecule has 3 aliphatic rings.